The van der Waals surface area contributed by atoms with E-state index >= 15 is 0 Å². The molecular formula is C23H20ClN3O3. The van der Waals surface area contributed by atoms with E-state index in [1.165, 1.54) is 0 Å². The van der Waals surface area contributed by atoms with Crippen molar-refractivity contribution in [1.29, 1.82) is 0 Å². The van der Waals surface area contributed by atoms with Gasteiger partial charge in [0.1, 0.15) is 17.5 Å². The first-order valence-corrected chi connectivity index (χ1v) is 10.2. The summed E-state index contributed by atoms with van der Waals surface area (Å²) in [6.45, 7) is 3.56. The molecule has 1 saturated carbocycles. The summed E-state index contributed by atoms with van der Waals surface area (Å²) in [5, 5.41) is 4.48. The fourth-order valence-corrected chi connectivity index (χ4v) is 3.26. The summed E-state index contributed by atoms with van der Waals surface area (Å²) >= 11 is 6.46. The van der Waals surface area contributed by atoms with E-state index in [0.717, 1.165) is 17.7 Å². The molecule has 1 aromatic carbocycles. The van der Waals surface area contributed by atoms with Gasteiger partial charge < -0.3 is 4.84 Å². The predicted molar refractivity (Wildman–Crippen MR) is 113 cm³/mol. The van der Waals surface area contributed by atoms with Gasteiger partial charge in [-0.1, -0.05) is 40.7 Å². The fraction of sp³-hybridized carbons (Fsp3) is 0.304. The molecule has 2 aromatic rings. The first-order valence-electron chi connectivity index (χ1n) is 9.79. The third-order valence-electron chi connectivity index (χ3n) is 4.67. The van der Waals surface area contributed by atoms with E-state index in [1.54, 1.807) is 36.5 Å². The topological polar surface area (TPSA) is 71.9 Å². The van der Waals surface area contributed by atoms with Crippen molar-refractivity contribution in [2.75, 3.05) is 6.54 Å². The Bertz CT molecular complexity index is 1080. The number of pyridine rings is 1. The maximum absolute atomic E-state index is 12.7. The molecule has 2 heterocycles. The Morgan fingerprint density at radius 1 is 1.27 bits per heavy atom. The van der Waals surface area contributed by atoms with Gasteiger partial charge in [0.25, 0.3) is 11.8 Å². The number of carbonyl (C=O) groups excluding carboxylic acids is 2. The normalized spacial score (nSPS) is 15.9. The van der Waals surface area contributed by atoms with E-state index in [9.17, 15) is 9.59 Å². The smallest absolute Gasteiger partial charge is 0.261 e. The molecule has 2 amide bonds. The van der Waals surface area contributed by atoms with Crippen LogP contribution >= 0.6 is 11.6 Å². The quantitative estimate of drug-likeness (QED) is 0.317. The minimum absolute atomic E-state index is 0.0983. The number of fused-ring (bicyclic) bond motifs is 1. The number of rotatable bonds is 5. The zero-order valence-electron chi connectivity index (χ0n) is 16.7. The van der Waals surface area contributed by atoms with E-state index in [1.807, 2.05) is 13.8 Å². The lowest BCUT2D eigenvalue weighted by atomic mass is 10.1. The number of carbonyl (C=O) groups is 2. The summed E-state index contributed by atoms with van der Waals surface area (Å²) in [4.78, 5) is 36.4. The molecule has 152 valence electrons. The van der Waals surface area contributed by atoms with Crippen LogP contribution in [0, 0.1) is 17.8 Å². The number of imide groups is 1. The van der Waals surface area contributed by atoms with Gasteiger partial charge in [-0.2, -0.15) is 0 Å². The first kappa shape index (κ1) is 20.1. The van der Waals surface area contributed by atoms with Gasteiger partial charge in [0.2, 0.25) is 0 Å². The van der Waals surface area contributed by atoms with Crippen LogP contribution in [0.2, 0.25) is 5.02 Å². The van der Waals surface area contributed by atoms with Gasteiger partial charge in [0.15, 0.2) is 0 Å². The Kier molecular flexibility index (Phi) is 5.56. The molecule has 0 saturated heterocycles. The van der Waals surface area contributed by atoms with Crippen molar-refractivity contribution >= 4 is 29.1 Å². The van der Waals surface area contributed by atoms with Crippen LogP contribution in [0.5, 0.6) is 0 Å². The second kappa shape index (κ2) is 8.29. The highest BCUT2D eigenvalue weighted by atomic mass is 35.5. The number of aromatic nitrogens is 1. The number of amides is 2. The Balaban J connectivity index is 1.63. The maximum atomic E-state index is 12.7. The number of nitrogens with zero attached hydrogens (tertiary/aromatic N) is 3. The predicted octanol–water partition coefficient (Wildman–Crippen LogP) is 3.92. The number of halogens is 1. The van der Waals surface area contributed by atoms with Gasteiger partial charge in [-0.15, -0.1) is 0 Å². The Labute approximate surface area is 179 Å². The monoisotopic (exact) mass is 421 g/mol. The molecule has 30 heavy (non-hydrogen) atoms. The van der Waals surface area contributed by atoms with Crippen molar-refractivity contribution in [2.45, 2.75) is 32.8 Å². The Morgan fingerprint density at radius 2 is 1.93 bits per heavy atom. The van der Waals surface area contributed by atoms with Crippen molar-refractivity contribution in [3.8, 4) is 11.8 Å². The van der Waals surface area contributed by atoms with Crippen molar-refractivity contribution in [1.82, 2.24) is 9.88 Å². The highest BCUT2D eigenvalue weighted by molar-refractivity contribution is 6.34. The summed E-state index contributed by atoms with van der Waals surface area (Å²) in [7, 11) is 0. The van der Waals surface area contributed by atoms with E-state index in [4.69, 9.17) is 16.4 Å². The maximum Gasteiger partial charge on any atom is 0.261 e. The Morgan fingerprint density at radius 3 is 2.50 bits per heavy atom. The zero-order chi connectivity index (χ0) is 21.3. The molecule has 4 rings (SSSR count). The van der Waals surface area contributed by atoms with Crippen LogP contribution in [0.15, 0.2) is 41.7 Å². The number of hydrogen-bond donors (Lipinski definition) is 0. The minimum atomic E-state index is -0.379. The SMILES string of the molecule is CC(C)ON=C(CN1C(=O)c2ccccc2C1=O)c1ncc(C#CC2CC2)cc1Cl. The molecule has 0 bridgehead atoms. The van der Waals surface area contributed by atoms with Crippen LogP contribution in [0.3, 0.4) is 0 Å². The molecule has 0 atom stereocenters. The summed E-state index contributed by atoms with van der Waals surface area (Å²) in [5.74, 6) is 5.95. The highest BCUT2D eigenvalue weighted by Crippen LogP contribution is 2.28. The molecule has 6 nitrogen and oxygen atoms in total. The van der Waals surface area contributed by atoms with Crippen LogP contribution in [-0.2, 0) is 4.84 Å². The molecule has 1 aromatic heterocycles. The number of benzene rings is 1. The van der Waals surface area contributed by atoms with Gasteiger partial charge in [-0.05, 0) is 44.9 Å². The van der Waals surface area contributed by atoms with Crippen LogP contribution in [0.4, 0.5) is 0 Å². The van der Waals surface area contributed by atoms with E-state index in [0.29, 0.717) is 39.0 Å². The number of hydrogen-bond acceptors (Lipinski definition) is 5. The van der Waals surface area contributed by atoms with E-state index < -0.39 is 0 Å². The zero-order valence-corrected chi connectivity index (χ0v) is 17.4. The molecule has 0 unspecified atom stereocenters. The molecule has 1 aliphatic heterocycles. The van der Waals surface area contributed by atoms with Gasteiger partial charge in [-0.3, -0.25) is 19.5 Å². The Hall–Kier alpha value is -3.17. The van der Waals surface area contributed by atoms with E-state index in [2.05, 4.69) is 22.0 Å². The van der Waals surface area contributed by atoms with Gasteiger partial charge in [0, 0.05) is 17.7 Å². The van der Waals surface area contributed by atoms with Crippen molar-refractivity contribution in [3.63, 3.8) is 0 Å². The minimum Gasteiger partial charge on any atom is -0.393 e. The lowest BCUT2D eigenvalue weighted by molar-refractivity contribution is 0.0668. The summed E-state index contributed by atoms with van der Waals surface area (Å²) < 4.78 is 0. The average molecular weight is 422 g/mol. The van der Waals surface area contributed by atoms with Crippen molar-refractivity contribution in [3.05, 3.63) is 63.9 Å². The number of oxime groups is 1. The molecular weight excluding hydrogens is 402 g/mol. The lowest BCUT2D eigenvalue weighted by Crippen LogP contribution is -2.35. The van der Waals surface area contributed by atoms with E-state index in [-0.39, 0.29) is 24.5 Å². The molecule has 7 heteroatoms. The van der Waals surface area contributed by atoms with Crippen molar-refractivity contribution in [2.24, 2.45) is 11.1 Å². The molecule has 0 N–H and O–H groups in total. The second-order valence-electron chi connectivity index (χ2n) is 7.53. The van der Waals surface area contributed by atoms with Crippen LogP contribution < -0.4 is 0 Å². The largest absolute Gasteiger partial charge is 0.393 e. The highest BCUT2D eigenvalue weighted by Gasteiger charge is 2.36. The molecule has 0 radical (unpaired) electrons. The lowest BCUT2D eigenvalue weighted by Gasteiger charge is -2.16. The summed E-state index contributed by atoms with van der Waals surface area (Å²) in [6, 6.07) is 8.44. The molecule has 1 aliphatic carbocycles. The van der Waals surface area contributed by atoms with Gasteiger partial charge in [-0.25, -0.2) is 0 Å². The average Bonchev–Trinajstić information content (AvgIpc) is 3.53. The van der Waals surface area contributed by atoms with Gasteiger partial charge in [0.05, 0.1) is 22.7 Å². The second-order valence-corrected chi connectivity index (χ2v) is 7.94. The van der Waals surface area contributed by atoms with Crippen LogP contribution in [0.25, 0.3) is 0 Å². The molecule has 2 aliphatic rings. The third kappa shape index (κ3) is 4.22. The van der Waals surface area contributed by atoms with Gasteiger partial charge >= 0.3 is 0 Å². The molecule has 0 spiro atoms. The standard InChI is InChI=1S/C23H20ClN3O3/c1-14(2)30-26-20(13-27-22(28)17-5-3-4-6-18(17)23(27)29)21-19(24)11-16(12-25-21)10-9-15-7-8-15/h3-6,11-12,14-15H,7-8,13H2,1-2H3. The van der Waals surface area contributed by atoms with Crippen LogP contribution in [0.1, 0.15) is 58.7 Å². The van der Waals surface area contributed by atoms with Crippen LogP contribution in [-0.4, -0.2) is 40.1 Å². The third-order valence-corrected chi connectivity index (χ3v) is 4.96. The summed E-state index contributed by atoms with van der Waals surface area (Å²) in [6.07, 6.45) is 3.69. The molecule has 1 fully saturated rings. The van der Waals surface area contributed by atoms with Crippen molar-refractivity contribution < 1.29 is 14.4 Å². The first-order chi connectivity index (χ1) is 14.4. The fourth-order valence-electron chi connectivity index (χ4n) is 2.98. The summed E-state index contributed by atoms with van der Waals surface area (Å²) in [5.41, 5.74) is 2.10.